The molecule has 1 fully saturated rings. The molecule has 2 aromatic carbocycles. The highest BCUT2D eigenvalue weighted by molar-refractivity contribution is 5.81. The molecule has 1 amide bonds. The first-order chi connectivity index (χ1) is 11.8. The van der Waals surface area contributed by atoms with Gasteiger partial charge in [0.15, 0.2) is 0 Å². The van der Waals surface area contributed by atoms with Crippen molar-refractivity contribution in [3.8, 4) is 0 Å². The number of primary amides is 1. The number of amides is 1. The van der Waals surface area contributed by atoms with Gasteiger partial charge in [-0.25, -0.2) is 0 Å². The van der Waals surface area contributed by atoms with E-state index in [1.807, 2.05) is 30.3 Å². The van der Waals surface area contributed by atoms with Crippen molar-refractivity contribution in [2.24, 2.45) is 5.73 Å². The van der Waals surface area contributed by atoms with Gasteiger partial charge in [0.05, 0.1) is 5.56 Å². The van der Waals surface area contributed by atoms with Gasteiger partial charge in [0.25, 0.3) is 0 Å². The summed E-state index contributed by atoms with van der Waals surface area (Å²) >= 11 is 0. The van der Waals surface area contributed by atoms with Gasteiger partial charge < -0.3 is 11.1 Å². The summed E-state index contributed by atoms with van der Waals surface area (Å²) in [5.41, 5.74) is 6.24. The SMILES string of the molecule is NC(=O)C(NCC1(c2ccc(C(F)(F)F)cc2)CC1)c1ccccc1. The van der Waals surface area contributed by atoms with E-state index in [-0.39, 0.29) is 5.41 Å². The Morgan fingerprint density at radius 1 is 1.08 bits per heavy atom. The first-order valence-corrected chi connectivity index (χ1v) is 8.07. The minimum Gasteiger partial charge on any atom is -0.368 e. The van der Waals surface area contributed by atoms with Crippen molar-refractivity contribution in [1.29, 1.82) is 0 Å². The standard InChI is InChI=1S/C19H19F3N2O/c20-19(21,22)15-8-6-14(7-9-15)18(10-11-18)12-24-16(17(23)25)13-4-2-1-3-5-13/h1-9,16,24H,10-12H2,(H2,23,25). The summed E-state index contributed by atoms with van der Waals surface area (Å²) in [7, 11) is 0. The number of carbonyl (C=O) groups is 1. The summed E-state index contributed by atoms with van der Waals surface area (Å²) in [6.07, 6.45) is -2.60. The first kappa shape index (κ1) is 17.5. The summed E-state index contributed by atoms with van der Waals surface area (Å²) in [6, 6.07) is 13.8. The minimum absolute atomic E-state index is 0.230. The molecule has 1 aliphatic rings. The molecule has 0 radical (unpaired) electrons. The molecule has 3 nitrogen and oxygen atoms in total. The van der Waals surface area contributed by atoms with E-state index in [0.29, 0.717) is 6.54 Å². The lowest BCUT2D eigenvalue weighted by Crippen LogP contribution is -2.38. The van der Waals surface area contributed by atoms with Gasteiger partial charge in [0.1, 0.15) is 6.04 Å². The predicted octanol–water partition coefficient (Wildman–Crippen LogP) is 3.55. The minimum atomic E-state index is -4.34. The zero-order chi connectivity index (χ0) is 18.1. The highest BCUT2D eigenvalue weighted by Crippen LogP contribution is 2.48. The lowest BCUT2D eigenvalue weighted by molar-refractivity contribution is -0.137. The number of benzene rings is 2. The van der Waals surface area contributed by atoms with E-state index in [0.717, 1.165) is 36.1 Å². The second-order valence-corrected chi connectivity index (χ2v) is 6.48. The van der Waals surface area contributed by atoms with Crippen molar-refractivity contribution in [1.82, 2.24) is 5.32 Å². The molecule has 25 heavy (non-hydrogen) atoms. The van der Waals surface area contributed by atoms with Crippen LogP contribution in [0.4, 0.5) is 13.2 Å². The molecule has 0 spiro atoms. The summed E-state index contributed by atoms with van der Waals surface area (Å²) in [4.78, 5) is 11.8. The van der Waals surface area contributed by atoms with E-state index in [2.05, 4.69) is 5.32 Å². The molecule has 6 heteroatoms. The van der Waals surface area contributed by atoms with Crippen LogP contribution in [0.15, 0.2) is 54.6 Å². The van der Waals surface area contributed by atoms with E-state index in [4.69, 9.17) is 5.73 Å². The molecular weight excluding hydrogens is 329 g/mol. The van der Waals surface area contributed by atoms with Crippen LogP contribution >= 0.6 is 0 Å². The average Bonchev–Trinajstić information content (AvgIpc) is 3.36. The molecule has 0 aromatic heterocycles. The van der Waals surface area contributed by atoms with Gasteiger partial charge in [-0.3, -0.25) is 4.79 Å². The molecule has 1 aliphatic carbocycles. The van der Waals surface area contributed by atoms with Crippen LogP contribution in [0.2, 0.25) is 0 Å². The van der Waals surface area contributed by atoms with Gasteiger partial charge >= 0.3 is 6.18 Å². The molecule has 3 N–H and O–H groups in total. The van der Waals surface area contributed by atoms with Crippen molar-refractivity contribution in [3.05, 3.63) is 71.3 Å². The zero-order valence-corrected chi connectivity index (χ0v) is 13.5. The molecular formula is C19H19F3N2O. The zero-order valence-electron chi connectivity index (χ0n) is 13.5. The number of hydrogen-bond acceptors (Lipinski definition) is 2. The Balaban J connectivity index is 1.72. The largest absolute Gasteiger partial charge is 0.416 e. The van der Waals surface area contributed by atoms with Crippen LogP contribution in [0.5, 0.6) is 0 Å². The van der Waals surface area contributed by atoms with Gasteiger partial charge in [-0.1, -0.05) is 42.5 Å². The van der Waals surface area contributed by atoms with Gasteiger partial charge in [-0.05, 0) is 36.1 Å². The normalized spacial score (nSPS) is 17.1. The summed E-state index contributed by atoms with van der Waals surface area (Å²) in [6.45, 7) is 0.487. The van der Waals surface area contributed by atoms with Crippen molar-refractivity contribution in [3.63, 3.8) is 0 Å². The molecule has 1 saturated carbocycles. The Morgan fingerprint density at radius 2 is 1.68 bits per heavy atom. The highest BCUT2D eigenvalue weighted by atomic mass is 19.4. The fourth-order valence-corrected chi connectivity index (χ4v) is 3.06. The third-order valence-corrected chi connectivity index (χ3v) is 4.74. The van der Waals surface area contributed by atoms with Gasteiger partial charge in [0, 0.05) is 12.0 Å². The van der Waals surface area contributed by atoms with Crippen molar-refractivity contribution in [2.75, 3.05) is 6.54 Å². The monoisotopic (exact) mass is 348 g/mol. The maximum atomic E-state index is 12.7. The number of rotatable bonds is 6. The summed E-state index contributed by atoms with van der Waals surface area (Å²) in [5.74, 6) is -0.477. The lowest BCUT2D eigenvalue weighted by atomic mass is 9.94. The smallest absolute Gasteiger partial charge is 0.368 e. The highest BCUT2D eigenvalue weighted by Gasteiger charge is 2.45. The van der Waals surface area contributed by atoms with E-state index >= 15 is 0 Å². The molecule has 0 bridgehead atoms. The molecule has 3 rings (SSSR count). The maximum absolute atomic E-state index is 12.7. The number of halogens is 3. The molecule has 0 heterocycles. The van der Waals surface area contributed by atoms with Gasteiger partial charge in [-0.15, -0.1) is 0 Å². The molecule has 0 saturated heterocycles. The number of alkyl halides is 3. The topological polar surface area (TPSA) is 55.1 Å². The lowest BCUT2D eigenvalue weighted by Gasteiger charge is -2.22. The second kappa shape index (κ2) is 6.52. The third kappa shape index (κ3) is 3.85. The van der Waals surface area contributed by atoms with Crippen LogP contribution in [-0.4, -0.2) is 12.5 Å². The molecule has 132 valence electrons. The number of carbonyl (C=O) groups excluding carboxylic acids is 1. The Morgan fingerprint density at radius 3 is 2.16 bits per heavy atom. The number of nitrogens with one attached hydrogen (secondary N) is 1. The van der Waals surface area contributed by atoms with Crippen molar-refractivity contribution < 1.29 is 18.0 Å². The number of hydrogen-bond donors (Lipinski definition) is 2. The predicted molar refractivity (Wildman–Crippen MR) is 88.7 cm³/mol. The first-order valence-electron chi connectivity index (χ1n) is 8.07. The van der Waals surface area contributed by atoms with Crippen LogP contribution in [0.25, 0.3) is 0 Å². The fraction of sp³-hybridized carbons (Fsp3) is 0.316. The number of nitrogens with two attached hydrogens (primary N) is 1. The van der Waals surface area contributed by atoms with Crippen LogP contribution in [0.1, 0.15) is 35.6 Å². The fourth-order valence-electron chi connectivity index (χ4n) is 3.06. The second-order valence-electron chi connectivity index (χ2n) is 6.48. The van der Waals surface area contributed by atoms with E-state index in [1.54, 1.807) is 0 Å². The van der Waals surface area contributed by atoms with Crippen LogP contribution in [0, 0.1) is 0 Å². The van der Waals surface area contributed by atoms with E-state index < -0.39 is 23.7 Å². The average molecular weight is 348 g/mol. The van der Waals surface area contributed by atoms with Gasteiger partial charge in [0.2, 0.25) is 5.91 Å². The third-order valence-electron chi connectivity index (χ3n) is 4.74. The van der Waals surface area contributed by atoms with E-state index in [9.17, 15) is 18.0 Å². The molecule has 0 aliphatic heterocycles. The summed E-state index contributed by atoms with van der Waals surface area (Å²) in [5, 5.41) is 3.18. The van der Waals surface area contributed by atoms with Gasteiger partial charge in [-0.2, -0.15) is 13.2 Å². The molecule has 1 atom stereocenters. The Labute approximate surface area is 144 Å². The van der Waals surface area contributed by atoms with Crippen LogP contribution < -0.4 is 11.1 Å². The van der Waals surface area contributed by atoms with Crippen LogP contribution in [-0.2, 0) is 16.4 Å². The Bertz CT molecular complexity index is 738. The Kier molecular flexibility index (Phi) is 4.56. The maximum Gasteiger partial charge on any atom is 0.416 e. The quantitative estimate of drug-likeness (QED) is 0.839. The summed E-state index contributed by atoms with van der Waals surface area (Å²) < 4.78 is 38.1. The Hall–Kier alpha value is -2.34. The van der Waals surface area contributed by atoms with E-state index in [1.165, 1.54) is 12.1 Å². The van der Waals surface area contributed by atoms with Crippen LogP contribution in [0.3, 0.4) is 0 Å². The molecule has 2 aromatic rings. The van der Waals surface area contributed by atoms with Crippen molar-refractivity contribution >= 4 is 5.91 Å². The molecule has 1 unspecified atom stereocenters. The van der Waals surface area contributed by atoms with Crippen molar-refractivity contribution in [2.45, 2.75) is 30.5 Å².